The van der Waals surface area contributed by atoms with Crippen LogP contribution in [0.15, 0.2) is 18.2 Å². The predicted octanol–water partition coefficient (Wildman–Crippen LogP) is 3.48. The van der Waals surface area contributed by atoms with Gasteiger partial charge in [0, 0.05) is 6.04 Å². The highest BCUT2D eigenvalue weighted by atomic mass is 32.1. The maximum Gasteiger partial charge on any atom is 0.178 e. The fraction of sp³-hybridized carbons (Fsp3) is 0.500. The Bertz CT molecular complexity index is 620. The van der Waals surface area contributed by atoms with E-state index in [9.17, 15) is 5.11 Å². The van der Waals surface area contributed by atoms with E-state index in [4.69, 9.17) is 12.2 Å². The van der Waals surface area contributed by atoms with Gasteiger partial charge in [0.25, 0.3) is 0 Å². The number of benzene rings is 1. The van der Waals surface area contributed by atoms with E-state index in [2.05, 4.69) is 34.7 Å². The van der Waals surface area contributed by atoms with Crippen molar-refractivity contribution in [1.29, 1.82) is 0 Å². The Hall–Kier alpha value is -1.13. The first kappa shape index (κ1) is 11.9. The summed E-state index contributed by atoms with van der Waals surface area (Å²) in [7, 11) is 0. The molecule has 0 radical (unpaired) electrons. The summed E-state index contributed by atoms with van der Waals surface area (Å²) in [6.45, 7) is 2.10. The van der Waals surface area contributed by atoms with Gasteiger partial charge in [0.05, 0.1) is 17.1 Å². The van der Waals surface area contributed by atoms with Crippen LogP contribution in [-0.4, -0.2) is 20.8 Å². The van der Waals surface area contributed by atoms with Crippen molar-refractivity contribution < 1.29 is 5.11 Å². The number of nitrogens with one attached hydrogen (secondary N) is 1. The molecule has 4 heteroatoms. The van der Waals surface area contributed by atoms with Crippen LogP contribution in [0.2, 0.25) is 0 Å². The Morgan fingerprint density at radius 2 is 2.00 bits per heavy atom. The Labute approximate surface area is 111 Å². The maximum atomic E-state index is 9.61. The molecule has 1 aromatic carbocycles. The SMILES string of the molecule is Cc1ccc2[nH]c(=S)n(C3CCC(O)CC3)c2c1. The van der Waals surface area contributed by atoms with Crippen molar-refractivity contribution in [3.8, 4) is 0 Å². The van der Waals surface area contributed by atoms with Crippen molar-refractivity contribution in [3.05, 3.63) is 28.5 Å². The van der Waals surface area contributed by atoms with Crippen molar-refractivity contribution >= 4 is 23.3 Å². The average molecular weight is 262 g/mol. The second-order valence-electron chi connectivity index (χ2n) is 5.28. The Balaban J connectivity index is 2.08. The van der Waals surface area contributed by atoms with Crippen LogP contribution in [0.1, 0.15) is 37.3 Å². The van der Waals surface area contributed by atoms with Crippen LogP contribution in [-0.2, 0) is 0 Å². The Kier molecular flexibility index (Phi) is 2.99. The molecule has 0 aliphatic heterocycles. The summed E-state index contributed by atoms with van der Waals surface area (Å²) in [5.74, 6) is 0. The van der Waals surface area contributed by atoms with Gasteiger partial charge in [-0.2, -0.15) is 0 Å². The third kappa shape index (κ3) is 1.99. The number of imidazole rings is 1. The van der Waals surface area contributed by atoms with Crippen LogP contribution in [0.4, 0.5) is 0 Å². The van der Waals surface area contributed by atoms with Crippen LogP contribution in [0.25, 0.3) is 11.0 Å². The molecular formula is C14H18N2OS. The predicted molar refractivity (Wildman–Crippen MR) is 75.4 cm³/mol. The first-order valence-electron chi connectivity index (χ1n) is 6.54. The molecule has 2 aromatic rings. The van der Waals surface area contributed by atoms with Gasteiger partial charge in [0.15, 0.2) is 4.77 Å². The number of hydrogen-bond donors (Lipinski definition) is 2. The van der Waals surface area contributed by atoms with Crippen molar-refractivity contribution in [1.82, 2.24) is 9.55 Å². The molecule has 96 valence electrons. The summed E-state index contributed by atoms with van der Waals surface area (Å²) in [5, 5.41) is 9.61. The number of aromatic amines is 1. The van der Waals surface area contributed by atoms with Gasteiger partial charge in [-0.25, -0.2) is 0 Å². The van der Waals surface area contributed by atoms with E-state index in [1.165, 1.54) is 11.1 Å². The number of aryl methyl sites for hydroxylation is 1. The molecule has 2 N–H and O–H groups in total. The van der Waals surface area contributed by atoms with Crippen LogP contribution in [0, 0.1) is 11.7 Å². The zero-order valence-electron chi connectivity index (χ0n) is 10.5. The maximum absolute atomic E-state index is 9.61. The molecule has 1 fully saturated rings. The number of rotatable bonds is 1. The first-order valence-corrected chi connectivity index (χ1v) is 6.95. The quantitative estimate of drug-likeness (QED) is 0.772. The normalized spacial score (nSPS) is 24.6. The number of fused-ring (bicyclic) bond motifs is 1. The van der Waals surface area contributed by atoms with Gasteiger partial charge >= 0.3 is 0 Å². The highest BCUT2D eigenvalue weighted by molar-refractivity contribution is 7.71. The molecule has 0 bridgehead atoms. The third-order valence-electron chi connectivity index (χ3n) is 3.90. The topological polar surface area (TPSA) is 41.0 Å². The van der Waals surface area contributed by atoms with Crippen molar-refractivity contribution in [2.45, 2.75) is 44.8 Å². The first-order chi connectivity index (χ1) is 8.65. The van der Waals surface area contributed by atoms with E-state index in [0.717, 1.165) is 36.0 Å². The van der Waals surface area contributed by atoms with E-state index >= 15 is 0 Å². The lowest BCUT2D eigenvalue weighted by Crippen LogP contribution is -2.21. The molecule has 1 heterocycles. The lowest BCUT2D eigenvalue weighted by Gasteiger charge is -2.27. The molecule has 0 atom stereocenters. The van der Waals surface area contributed by atoms with Crippen LogP contribution < -0.4 is 0 Å². The smallest absolute Gasteiger partial charge is 0.178 e. The zero-order chi connectivity index (χ0) is 12.7. The number of hydrogen-bond acceptors (Lipinski definition) is 2. The highest BCUT2D eigenvalue weighted by Crippen LogP contribution is 2.31. The fourth-order valence-electron chi connectivity index (χ4n) is 2.91. The molecule has 0 saturated heterocycles. The molecular weight excluding hydrogens is 244 g/mol. The van der Waals surface area contributed by atoms with Gasteiger partial charge in [-0.1, -0.05) is 6.07 Å². The molecule has 3 rings (SSSR count). The molecule has 18 heavy (non-hydrogen) atoms. The molecule has 1 aromatic heterocycles. The van der Waals surface area contributed by atoms with E-state index in [0.29, 0.717) is 6.04 Å². The fourth-order valence-corrected chi connectivity index (χ4v) is 3.27. The zero-order valence-corrected chi connectivity index (χ0v) is 11.3. The second kappa shape index (κ2) is 4.52. The summed E-state index contributed by atoms with van der Waals surface area (Å²) in [6.07, 6.45) is 3.66. The van der Waals surface area contributed by atoms with Gasteiger partial charge < -0.3 is 14.7 Å². The number of aliphatic hydroxyl groups excluding tert-OH is 1. The molecule has 0 amide bonds. The molecule has 1 aliphatic carbocycles. The largest absolute Gasteiger partial charge is 0.393 e. The standard InChI is InChI=1S/C14H18N2OS/c1-9-2-7-12-13(8-9)16(14(18)15-12)10-3-5-11(17)6-4-10/h2,7-8,10-11,17H,3-6H2,1H3,(H,15,18). The minimum absolute atomic E-state index is 0.123. The van der Waals surface area contributed by atoms with Gasteiger partial charge in [-0.3, -0.25) is 0 Å². The molecule has 0 unspecified atom stereocenters. The summed E-state index contributed by atoms with van der Waals surface area (Å²) in [4.78, 5) is 3.28. The van der Waals surface area contributed by atoms with Crippen molar-refractivity contribution in [2.24, 2.45) is 0 Å². The molecule has 0 spiro atoms. The van der Waals surface area contributed by atoms with Crippen LogP contribution in [0.5, 0.6) is 0 Å². The minimum Gasteiger partial charge on any atom is -0.393 e. The number of aliphatic hydroxyl groups is 1. The van der Waals surface area contributed by atoms with E-state index < -0.39 is 0 Å². The number of aromatic nitrogens is 2. The van der Waals surface area contributed by atoms with Gasteiger partial charge in [0.2, 0.25) is 0 Å². The highest BCUT2D eigenvalue weighted by Gasteiger charge is 2.22. The van der Waals surface area contributed by atoms with Gasteiger partial charge in [-0.05, 0) is 62.5 Å². The Morgan fingerprint density at radius 1 is 1.28 bits per heavy atom. The number of H-pyrrole nitrogens is 1. The van der Waals surface area contributed by atoms with Crippen LogP contribution in [0.3, 0.4) is 0 Å². The average Bonchev–Trinajstić information content (AvgIpc) is 2.66. The second-order valence-corrected chi connectivity index (χ2v) is 5.67. The third-order valence-corrected chi connectivity index (χ3v) is 4.20. The van der Waals surface area contributed by atoms with Gasteiger partial charge in [0.1, 0.15) is 0 Å². The summed E-state index contributed by atoms with van der Waals surface area (Å²) >= 11 is 5.45. The lowest BCUT2D eigenvalue weighted by atomic mass is 9.93. The van der Waals surface area contributed by atoms with Crippen molar-refractivity contribution in [3.63, 3.8) is 0 Å². The van der Waals surface area contributed by atoms with Gasteiger partial charge in [-0.15, -0.1) is 0 Å². The summed E-state index contributed by atoms with van der Waals surface area (Å²) in [6, 6.07) is 6.81. The molecule has 3 nitrogen and oxygen atoms in total. The number of nitrogens with zero attached hydrogens (tertiary/aromatic N) is 1. The summed E-state index contributed by atoms with van der Waals surface area (Å²) in [5.41, 5.74) is 3.55. The van der Waals surface area contributed by atoms with E-state index in [1.54, 1.807) is 0 Å². The summed E-state index contributed by atoms with van der Waals surface area (Å²) < 4.78 is 3.04. The monoisotopic (exact) mass is 262 g/mol. The molecule has 1 saturated carbocycles. The minimum atomic E-state index is -0.123. The molecule has 1 aliphatic rings. The Morgan fingerprint density at radius 3 is 2.72 bits per heavy atom. The lowest BCUT2D eigenvalue weighted by molar-refractivity contribution is 0.111. The van der Waals surface area contributed by atoms with E-state index in [1.807, 2.05) is 0 Å². The van der Waals surface area contributed by atoms with Crippen LogP contribution >= 0.6 is 12.2 Å². The van der Waals surface area contributed by atoms with Crippen molar-refractivity contribution in [2.75, 3.05) is 0 Å². The van der Waals surface area contributed by atoms with E-state index in [-0.39, 0.29) is 6.10 Å².